The maximum absolute atomic E-state index is 7.19. The molecule has 82 heavy (non-hydrogen) atoms. The molecule has 0 fully saturated rings. The molecule has 0 radical (unpaired) electrons. The maximum atomic E-state index is 7.19. The van der Waals surface area contributed by atoms with E-state index in [2.05, 4.69) is 289 Å². The number of hydrogen-bond donors (Lipinski definition) is 0. The average Bonchev–Trinajstić information content (AvgIpc) is 1.68. The van der Waals surface area contributed by atoms with E-state index < -0.39 is 0 Å². The first-order chi connectivity index (χ1) is 39.1. The third kappa shape index (κ3) is 7.69. The Morgan fingerprint density at radius 2 is 0.756 bits per heavy atom. The average molecular weight is 1070 g/mol. The highest BCUT2D eigenvalue weighted by molar-refractivity contribution is 6.15. The Hall–Kier alpha value is -8.34. The highest BCUT2D eigenvalue weighted by atomic mass is 16.3. The summed E-state index contributed by atoms with van der Waals surface area (Å²) in [4.78, 5) is 4.90. The Balaban J connectivity index is 0.932. The van der Waals surface area contributed by atoms with Crippen LogP contribution in [0.1, 0.15) is 153 Å². The van der Waals surface area contributed by atoms with Crippen LogP contribution in [0.15, 0.2) is 191 Å². The molecule has 0 aliphatic heterocycles. The van der Waals surface area contributed by atoms with Crippen molar-refractivity contribution in [3.05, 3.63) is 226 Å². The first kappa shape index (κ1) is 51.8. The van der Waals surface area contributed by atoms with Crippen molar-refractivity contribution >= 4 is 88.8 Å². The zero-order valence-electron chi connectivity index (χ0n) is 50.2. The van der Waals surface area contributed by atoms with Gasteiger partial charge in [-0.25, -0.2) is 0 Å². The van der Waals surface area contributed by atoms with Crippen LogP contribution in [0, 0.1) is 0 Å². The van der Waals surface area contributed by atoms with Crippen LogP contribution in [-0.2, 0) is 21.7 Å². The summed E-state index contributed by atoms with van der Waals surface area (Å²) in [6, 6.07) is 68.9. The maximum Gasteiger partial charge on any atom is 0.159 e. The van der Waals surface area contributed by atoms with E-state index in [9.17, 15) is 0 Å². The van der Waals surface area contributed by atoms with Crippen LogP contribution < -0.4 is 9.80 Å². The summed E-state index contributed by atoms with van der Waals surface area (Å²) in [6.45, 7) is 32.4. The molecule has 2 aromatic heterocycles. The third-order valence-corrected chi connectivity index (χ3v) is 18.7. The molecule has 10 aromatic carbocycles. The van der Waals surface area contributed by atoms with E-state index in [-0.39, 0.29) is 21.7 Å². The summed E-state index contributed by atoms with van der Waals surface area (Å²) < 4.78 is 14.3. The van der Waals surface area contributed by atoms with Gasteiger partial charge in [0.25, 0.3) is 0 Å². The van der Waals surface area contributed by atoms with Gasteiger partial charge in [-0.05, 0) is 150 Å². The van der Waals surface area contributed by atoms with Crippen molar-refractivity contribution < 1.29 is 8.83 Å². The van der Waals surface area contributed by atoms with Gasteiger partial charge in [-0.2, -0.15) is 0 Å². The zero-order valence-corrected chi connectivity index (χ0v) is 50.2. The summed E-state index contributed by atoms with van der Waals surface area (Å²) in [5.74, 6) is 0.829. The quantitative estimate of drug-likeness (QED) is 0.152. The van der Waals surface area contributed by atoms with Crippen LogP contribution in [0.4, 0.5) is 34.1 Å². The molecule has 408 valence electrons. The van der Waals surface area contributed by atoms with Crippen molar-refractivity contribution in [2.24, 2.45) is 0 Å². The molecule has 0 saturated carbocycles. The highest BCUT2D eigenvalue weighted by Crippen LogP contribution is 2.60. The largest absolute Gasteiger partial charge is 0.454 e. The summed E-state index contributed by atoms with van der Waals surface area (Å²) in [6.07, 6.45) is 0. The van der Waals surface area contributed by atoms with Gasteiger partial charge in [-0.15, -0.1) is 0 Å². The SMILES string of the molecule is CC(C)c1ccc(N(c2ccc3c(c2)C(C)(C)c2cc4c(cc2-3)C(C)(C)c2cc(N(c3ccc(C(C)C)cc3)c3cccc5c3oc3c(C(C)(C)C)cccc35)c3ccccc3c2-4)c2cccc3c2oc2c(C(C)(C)C)cccc23)cc1. The fraction of sp³-hybridized carbons (Fsp3) is 0.256. The van der Waals surface area contributed by atoms with Crippen LogP contribution in [0.2, 0.25) is 0 Å². The number of benzene rings is 10. The molecule has 0 atom stereocenters. The molecule has 4 heteroatoms. The minimum atomic E-state index is -0.331. The number of nitrogens with zero attached hydrogens (tertiary/aromatic N) is 2. The van der Waals surface area contributed by atoms with Crippen molar-refractivity contribution in [1.82, 2.24) is 0 Å². The Labute approximate surface area is 484 Å². The third-order valence-electron chi connectivity index (χ3n) is 18.7. The molecular weight excluding hydrogens is 997 g/mol. The smallest absolute Gasteiger partial charge is 0.159 e. The summed E-state index contributed by atoms with van der Waals surface area (Å²) >= 11 is 0. The molecule has 2 aliphatic rings. The highest BCUT2D eigenvalue weighted by Gasteiger charge is 2.44. The number of anilines is 6. The van der Waals surface area contributed by atoms with Gasteiger partial charge in [0.05, 0.1) is 17.1 Å². The number of furan rings is 2. The van der Waals surface area contributed by atoms with E-state index in [0.29, 0.717) is 11.8 Å². The van der Waals surface area contributed by atoms with E-state index in [0.717, 1.165) is 78.0 Å². The molecule has 0 N–H and O–H groups in total. The lowest BCUT2D eigenvalue weighted by Gasteiger charge is -2.30. The Bertz CT molecular complexity index is 4580. The van der Waals surface area contributed by atoms with Gasteiger partial charge >= 0.3 is 0 Å². The van der Waals surface area contributed by atoms with E-state index in [1.165, 1.54) is 77.5 Å². The molecule has 0 saturated heterocycles. The van der Waals surface area contributed by atoms with Gasteiger partial charge < -0.3 is 18.6 Å². The van der Waals surface area contributed by atoms with Crippen LogP contribution in [-0.4, -0.2) is 0 Å². The van der Waals surface area contributed by atoms with Gasteiger partial charge in [-0.3, -0.25) is 0 Å². The first-order valence-electron chi connectivity index (χ1n) is 29.7. The molecule has 0 spiro atoms. The fourth-order valence-corrected chi connectivity index (χ4v) is 14.1. The van der Waals surface area contributed by atoms with E-state index in [4.69, 9.17) is 8.83 Å². The monoisotopic (exact) mass is 1070 g/mol. The number of para-hydroxylation sites is 4. The fourth-order valence-electron chi connectivity index (χ4n) is 14.1. The summed E-state index contributed by atoms with van der Waals surface area (Å²) in [7, 11) is 0. The van der Waals surface area contributed by atoms with Crippen LogP contribution in [0.3, 0.4) is 0 Å². The van der Waals surface area contributed by atoms with Crippen LogP contribution >= 0.6 is 0 Å². The van der Waals surface area contributed by atoms with Crippen LogP contribution in [0.25, 0.3) is 76.9 Å². The minimum Gasteiger partial charge on any atom is -0.454 e. The van der Waals surface area contributed by atoms with E-state index in [1.54, 1.807) is 0 Å². The second kappa shape index (κ2) is 18.1. The van der Waals surface area contributed by atoms with Gasteiger partial charge in [-0.1, -0.05) is 212 Å². The summed E-state index contributed by atoms with van der Waals surface area (Å²) in [5, 5.41) is 6.99. The van der Waals surface area contributed by atoms with Gasteiger partial charge in [0, 0.05) is 66.0 Å². The first-order valence-corrected chi connectivity index (χ1v) is 29.7. The van der Waals surface area contributed by atoms with Gasteiger partial charge in [0.2, 0.25) is 0 Å². The zero-order chi connectivity index (χ0) is 57.1. The topological polar surface area (TPSA) is 32.8 Å². The van der Waals surface area contributed by atoms with E-state index in [1.807, 2.05) is 0 Å². The second-order valence-electron chi connectivity index (χ2n) is 27.3. The van der Waals surface area contributed by atoms with Crippen molar-refractivity contribution in [1.29, 1.82) is 0 Å². The predicted molar refractivity (Wildman–Crippen MR) is 349 cm³/mol. The standard InChI is InChI=1S/C78H74N2O2/c1-45(2)47-31-35-49(36-32-47)79(67-29-19-25-57-55-23-17-27-61(75(5,6)7)71(55)81-73(57)67)51-39-40-52-59-42-65-60(43-64(59)77(11,12)63(52)41-51)70-54-22-16-15-21-53(54)69(44-66(70)78(65,13)14)80(50-37-33-48(34-38-50)46(3)4)68-30-20-26-58-56-24-18-28-62(76(8,9)10)72(56)82-74(58)68/h15-46H,1-14H3. The molecule has 0 unspecified atom stereocenters. The van der Waals surface area contributed by atoms with Crippen LogP contribution in [0.5, 0.6) is 0 Å². The molecule has 2 aliphatic carbocycles. The molecule has 12 aromatic rings. The number of fused-ring (bicyclic) bond motifs is 14. The molecule has 0 amide bonds. The Morgan fingerprint density at radius 3 is 1.28 bits per heavy atom. The van der Waals surface area contributed by atoms with Gasteiger partial charge in [0.1, 0.15) is 11.2 Å². The molecular formula is C78H74N2O2. The predicted octanol–water partition coefficient (Wildman–Crippen LogP) is 23.0. The molecule has 0 bridgehead atoms. The molecule has 2 heterocycles. The molecule has 4 nitrogen and oxygen atoms in total. The van der Waals surface area contributed by atoms with Crippen molar-refractivity contribution in [3.8, 4) is 22.3 Å². The Kier molecular flexibility index (Phi) is 11.4. The Morgan fingerprint density at radius 1 is 0.341 bits per heavy atom. The molecule has 14 rings (SSSR count). The second-order valence-corrected chi connectivity index (χ2v) is 27.3. The lowest BCUT2D eigenvalue weighted by molar-refractivity contribution is 0.572. The lowest BCUT2D eigenvalue weighted by atomic mass is 9.79. The normalized spacial score (nSPS) is 14.4. The van der Waals surface area contributed by atoms with Crippen molar-refractivity contribution in [3.63, 3.8) is 0 Å². The summed E-state index contributed by atoms with van der Waals surface area (Å²) in [5.41, 5.74) is 25.0. The number of rotatable bonds is 8. The van der Waals surface area contributed by atoms with Gasteiger partial charge in [0.15, 0.2) is 11.2 Å². The minimum absolute atomic E-state index is 0.0839. The van der Waals surface area contributed by atoms with E-state index >= 15 is 0 Å². The lowest BCUT2D eigenvalue weighted by Crippen LogP contribution is -2.18. The number of hydrogen-bond acceptors (Lipinski definition) is 4. The van der Waals surface area contributed by atoms with Crippen molar-refractivity contribution in [2.45, 2.75) is 130 Å². The van der Waals surface area contributed by atoms with Crippen molar-refractivity contribution in [2.75, 3.05) is 9.80 Å².